The lowest BCUT2D eigenvalue weighted by Crippen LogP contribution is -2.45. The van der Waals surface area contributed by atoms with E-state index in [9.17, 15) is 5.11 Å². The van der Waals surface area contributed by atoms with Gasteiger partial charge >= 0.3 is 0 Å². The first kappa shape index (κ1) is 21.5. The molecule has 0 spiro atoms. The van der Waals surface area contributed by atoms with Crippen LogP contribution in [0.5, 0.6) is 5.75 Å². The van der Waals surface area contributed by atoms with Gasteiger partial charge in [0.2, 0.25) is 0 Å². The van der Waals surface area contributed by atoms with Crippen LogP contribution < -0.4 is 4.74 Å². The number of methoxy groups -OCH3 is 1. The van der Waals surface area contributed by atoms with Crippen LogP contribution in [-0.2, 0) is 13.0 Å². The first-order valence-electron chi connectivity index (χ1n) is 10.7. The zero-order chi connectivity index (χ0) is 22.0. The van der Waals surface area contributed by atoms with Crippen LogP contribution in [0.3, 0.4) is 0 Å². The molecule has 0 radical (unpaired) electrons. The van der Waals surface area contributed by atoms with Crippen molar-refractivity contribution in [3.8, 4) is 17.0 Å². The molecule has 2 aromatic heterocycles. The normalized spacial score (nSPS) is 16.4. The highest BCUT2D eigenvalue weighted by atomic mass is 16.5. The maximum absolute atomic E-state index is 11.1. The summed E-state index contributed by atoms with van der Waals surface area (Å²) in [4.78, 5) is 11.6. The summed E-state index contributed by atoms with van der Waals surface area (Å²) < 4.78 is 10.8. The fourth-order valence-corrected chi connectivity index (χ4v) is 4.07. The third-order valence-corrected chi connectivity index (χ3v) is 6.17. The predicted molar refractivity (Wildman–Crippen MR) is 118 cm³/mol. The van der Waals surface area contributed by atoms with Crippen molar-refractivity contribution in [1.82, 2.24) is 20.0 Å². The lowest BCUT2D eigenvalue weighted by Gasteiger charge is -2.37. The van der Waals surface area contributed by atoms with Crippen LogP contribution in [-0.4, -0.2) is 50.9 Å². The molecule has 0 aliphatic carbocycles. The van der Waals surface area contributed by atoms with E-state index < -0.39 is 5.60 Å². The standard InChI is InChI=1S/C24H30N4O3/c1-16-17(2)26-23(18(3)25-16)15-28-10-8-24(29,9-11-28)14-21-13-22(27-31-21)19-6-5-7-20(12-19)30-4/h5-7,12-13,29H,8-11,14-15H2,1-4H3. The van der Waals surface area contributed by atoms with Gasteiger partial charge in [-0.2, -0.15) is 0 Å². The van der Waals surface area contributed by atoms with Gasteiger partial charge in [0, 0.05) is 37.7 Å². The fourth-order valence-electron chi connectivity index (χ4n) is 4.07. The van der Waals surface area contributed by atoms with Gasteiger partial charge in [-0.3, -0.25) is 14.9 Å². The van der Waals surface area contributed by atoms with Crippen LogP contribution in [0.4, 0.5) is 0 Å². The molecule has 1 aromatic carbocycles. The second-order valence-electron chi connectivity index (χ2n) is 8.51. The SMILES string of the molecule is COc1cccc(-c2cc(CC3(O)CCN(Cc4nc(C)c(C)nc4C)CC3)on2)c1. The summed E-state index contributed by atoms with van der Waals surface area (Å²) in [7, 11) is 1.64. The Morgan fingerprint density at radius 2 is 1.81 bits per heavy atom. The van der Waals surface area contributed by atoms with Gasteiger partial charge in [0.15, 0.2) is 0 Å². The van der Waals surface area contributed by atoms with Crippen molar-refractivity contribution in [1.29, 1.82) is 0 Å². The summed E-state index contributed by atoms with van der Waals surface area (Å²) in [6.07, 6.45) is 1.82. The minimum atomic E-state index is -0.786. The van der Waals surface area contributed by atoms with Gasteiger partial charge in [-0.15, -0.1) is 0 Å². The molecule has 31 heavy (non-hydrogen) atoms. The number of rotatable bonds is 6. The van der Waals surface area contributed by atoms with E-state index in [1.165, 1.54) is 0 Å². The zero-order valence-corrected chi connectivity index (χ0v) is 18.7. The maximum Gasteiger partial charge on any atom is 0.140 e. The van der Waals surface area contributed by atoms with Crippen molar-refractivity contribution < 1.29 is 14.4 Å². The summed E-state index contributed by atoms with van der Waals surface area (Å²) in [6.45, 7) is 8.38. The Hall–Kier alpha value is -2.77. The quantitative estimate of drug-likeness (QED) is 0.649. The molecule has 3 heterocycles. The molecule has 1 N–H and O–H groups in total. The smallest absolute Gasteiger partial charge is 0.140 e. The Labute approximate surface area is 183 Å². The largest absolute Gasteiger partial charge is 0.497 e. The summed E-state index contributed by atoms with van der Waals surface area (Å²) >= 11 is 0. The van der Waals surface area contributed by atoms with E-state index in [-0.39, 0.29) is 0 Å². The van der Waals surface area contributed by atoms with Crippen LogP contribution in [0.1, 0.15) is 41.4 Å². The lowest BCUT2D eigenvalue weighted by atomic mass is 9.87. The van der Waals surface area contributed by atoms with E-state index in [0.29, 0.717) is 25.0 Å². The molecule has 1 saturated heterocycles. The molecular weight excluding hydrogens is 392 g/mol. The molecule has 1 aliphatic rings. The third-order valence-electron chi connectivity index (χ3n) is 6.17. The van der Waals surface area contributed by atoms with Crippen LogP contribution >= 0.6 is 0 Å². The lowest BCUT2D eigenvalue weighted by molar-refractivity contribution is -0.0268. The van der Waals surface area contributed by atoms with E-state index in [2.05, 4.69) is 15.0 Å². The van der Waals surface area contributed by atoms with E-state index in [0.717, 1.165) is 59.4 Å². The van der Waals surface area contributed by atoms with E-state index in [4.69, 9.17) is 14.2 Å². The van der Waals surface area contributed by atoms with E-state index in [1.54, 1.807) is 7.11 Å². The second kappa shape index (κ2) is 8.77. The van der Waals surface area contributed by atoms with Crippen LogP contribution in [0, 0.1) is 20.8 Å². The van der Waals surface area contributed by atoms with Crippen LogP contribution in [0.25, 0.3) is 11.3 Å². The molecule has 1 aliphatic heterocycles. The molecule has 7 nitrogen and oxygen atoms in total. The van der Waals surface area contributed by atoms with Crippen molar-refractivity contribution in [2.24, 2.45) is 0 Å². The van der Waals surface area contributed by atoms with Crippen molar-refractivity contribution in [3.63, 3.8) is 0 Å². The van der Waals surface area contributed by atoms with Gasteiger partial charge in [-0.25, -0.2) is 0 Å². The predicted octanol–water partition coefficient (Wildman–Crippen LogP) is 3.64. The van der Waals surface area contributed by atoms with Gasteiger partial charge in [0.05, 0.1) is 35.5 Å². The first-order valence-corrected chi connectivity index (χ1v) is 10.7. The number of hydrogen-bond acceptors (Lipinski definition) is 7. The minimum Gasteiger partial charge on any atom is -0.497 e. The highest BCUT2D eigenvalue weighted by Crippen LogP contribution is 2.30. The number of piperidine rings is 1. The Bertz CT molecular complexity index is 1050. The number of aryl methyl sites for hydroxylation is 3. The summed E-state index contributed by atoms with van der Waals surface area (Å²) in [5.74, 6) is 1.47. The molecule has 0 saturated carbocycles. The molecule has 164 valence electrons. The topological polar surface area (TPSA) is 84.5 Å². The van der Waals surface area contributed by atoms with Crippen molar-refractivity contribution in [2.75, 3.05) is 20.2 Å². The highest BCUT2D eigenvalue weighted by molar-refractivity contribution is 5.60. The number of aromatic nitrogens is 3. The fraction of sp³-hybridized carbons (Fsp3) is 0.458. The third kappa shape index (κ3) is 4.94. The molecule has 0 unspecified atom stereocenters. The molecule has 0 bridgehead atoms. The number of hydrogen-bond donors (Lipinski definition) is 1. The molecule has 7 heteroatoms. The molecular formula is C24H30N4O3. The maximum atomic E-state index is 11.1. The van der Waals surface area contributed by atoms with Gasteiger partial charge < -0.3 is 14.4 Å². The molecule has 0 atom stereocenters. The van der Waals surface area contributed by atoms with E-state index in [1.807, 2.05) is 51.1 Å². The Balaban J connectivity index is 1.37. The Kier molecular flexibility index (Phi) is 6.07. The summed E-state index contributed by atoms with van der Waals surface area (Å²) in [5, 5.41) is 15.3. The van der Waals surface area contributed by atoms with Crippen LogP contribution in [0.2, 0.25) is 0 Å². The summed E-state index contributed by atoms with van der Waals surface area (Å²) in [6, 6.07) is 9.62. The van der Waals surface area contributed by atoms with E-state index >= 15 is 0 Å². The Morgan fingerprint density at radius 3 is 2.55 bits per heavy atom. The van der Waals surface area contributed by atoms with Gasteiger partial charge in [0.1, 0.15) is 17.2 Å². The minimum absolute atomic E-state index is 0.459. The first-order chi connectivity index (χ1) is 14.8. The molecule has 1 fully saturated rings. The number of ether oxygens (including phenoxy) is 1. The van der Waals surface area contributed by atoms with Gasteiger partial charge in [0.25, 0.3) is 0 Å². The Morgan fingerprint density at radius 1 is 1.06 bits per heavy atom. The highest BCUT2D eigenvalue weighted by Gasteiger charge is 2.34. The molecule has 3 aromatic rings. The van der Waals surface area contributed by atoms with Crippen molar-refractivity contribution in [2.45, 2.75) is 52.2 Å². The zero-order valence-electron chi connectivity index (χ0n) is 18.7. The van der Waals surface area contributed by atoms with Crippen LogP contribution in [0.15, 0.2) is 34.9 Å². The van der Waals surface area contributed by atoms with Gasteiger partial charge in [-0.1, -0.05) is 17.3 Å². The number of benzene rings is 1. The van der Waals surface area contributed by atoms with Crippen molar-refractivity contribution in [3.05, 3.63) is 58.9 Å². The molecule has 4 rings (SSSR count). The van der Waals surface area contributed by atoms with Crippen molar-refractivity contribution >= 4 is 0 Å². The molecule has 0 amide bonds. The second-order valence-corrected chi connectivity index (χ2v) is 8.51. The average molecular weight is 423 g/mol. The number of likely N-dealkylation sites (tertiary alicyclic amines) is 1. The van der Waals surface area contributed by atoms with Gasteiger partial charge in [-0.05, 0) is 45.7 Å². The average Bonchev–Trinajstić information content (AvgIpc) is 3.22. The number of aliphatic hydroxyl groups is 1. The monoisotopic (exact) mass is 422 g/mol. The number of nitrogens with zero attached hydrogens (tertiary/aromatic N) is 4. The summed E-state index contributed by atoms with van der Waals surface area (Å²) in [5.41, 5.74) is 4.86.